The highest BCUT2D eigenvalue weighted by molar-refractivity contribution is 5.98. The summed E-state index contributed by atoms with van der Waals surface area (Å²) < 4.78 is 4.65. The quantitative estimate of drug-likeness (QED) is 0.499. The van der Waals surface area contributed by atoms with Gasteiger partial charge in [0.05, 0.1) is 24.5 Å². The summed E-state index contributed by atoms with van der Waals surface area (Å²) in [4.78, 5) is 34.5. The lowest BCUT2D eigenvalue weighted by Gasteiger charge is -2.18. The third-order valence-corrected chi connectivity index (χ3v) is 3.45. The first-order valence-corrected chi connectivity index (χ1v) is 7.19. The molecule has 0 aromatic heterocycles. The summed E-state index contributed by atoms with van der Waals surface area (Å²) in [5, 5.41) is 13.7. The van der Waals surface area contributed by atoms with Gasteiger partial charge in [0.2, 0.25) is 0 Å². The van der Waals surface area contributed by atoms with Crippen molar-refractivity contribution in [3.8, 4) is 0 Å². The van der Waals surface area contributed by atoms with Gasteiger partial charge in [0.25, 0.3) is 11.6 Å². The molecular weight excluding hydrogens is 312 g/mol. The molecule has 2 rings (SSSR count). The number of methoxy groups -OCH3 is 1. The van der Waals surface area contributed by atoms with Crippen molar-refractivity contribution < 1.29 is 19.2 Å². The van der Waals surface area contributed by atoms with Crippen molar-refractivity contribution in [3.05, 3.63) is 75.8 Å². The maximum Gasteiger partial charge on any atom is 0.307 e. The first-order valence-electron chi connectivity index (χ1n) is 7.19. The second-order valence-electron chi connectivity index (χ2n) is 4.99. The molecule has 2 aromatic carbocycles. The van der Waals surface area contributed by atoms with Crippen LogP contribution in [0.1, 0.15) is 28.4 Å². The molecule has 0 radical (unpaired) electrons. The molecule has 0 aliphatic heterocycles. The van der Waals surface area contributed by atoms with E-state index in [4.69, 9.17) is 0 Å². The number of hydrogen-bond acceptors (Lipinski definition) is 5. The predicted molar refractivity (Wildman–Crippen MR) is 86.4 cm³/mol. The number of benzene rings is 2. The Morgan fingerprint density at radius 1 is 1.12 bits per heavy atom. The smallest absolute Gasteiger partial charge is 0.307 e. The number of amides is 1. The van der Waals surface area contributed by atoms with Gasteiger partial charge in [0.1, 0.15) is 5.56 Å². The van der Waals surface area contributed by atoms with E-state index in [1.165, 1.54) is 25.3 Å². The monoisotopic (exact) mass is 328 g/mol. The van der Waals surface area contributed by atoms with Gasteiger partial charge in [0, 0.05) is 6.07 Å². The van der Waals surface area contributed by atoms with E-state index >= 15 is 0 Å². The number of ether oxygens (including phenoxy) is 1. The van der Waals surface area contributed by atoms with Gasteiger partial charge < -0.3 is 10.1 Å². The SMILES string of the molecule is COC(=O)CC(NC(=O)c1ccccc1[N+](=O)[O-])c1ccccc1. The van der Waals surface area contributed by atoms with Crippen molar-refractivity contribution >= 4 is 17.6 Å². The lowest BCUT2D eigenvalue weighted by atomic mass is 10.0. The highest BCUT2D eigenvalue weighted by Crippen LogP contribution is 2.21. The van der Waals surface area contributed by atoms with Crippen LogP contribution < -0.4 is 5.32 Å². The number of esters is 1. The Kier molecular flexibility index (Phi) is 5.62. The molecule has 0 aliphatic carbocycles. The largest absolute Gasteiger partial charge is 0.469 e. The average molecular weight is 328 g/mol. The molecule has 7 nitrogen and oxygen atoms in total. The van der Waals surface area contributed by atoms with Gasteiger partial charge in [-0.05, 0) is 11.6 Å². The van der Waals surface area contributed by atoms with E-state index in [9.17, 15) is 19.7 Å². The number of carbonyl (C=O) groups excluding carboxylic acids is 2. The summed E-state index contributed by atoms with van der Waals surface area (Å²) in [5.41, 5.74) is 0.350. The molecule has 1 N–H and O–H groups in total. The van der Waals surface area contributed by atoms with Crippen LogP contribution in [-0.4, -0.2) is 23.9 Å². The molecule has 0 saturated heterocycles. The molecule has 24 heavy (non-hydrogen) atoms. The topological polar surface area (TPSA) is 98.5 Å². The lowest BCUT2D eigenvalue weighted by molar-refractivity contribution is -0.385. The average Bonchev–Trinajstić information content (AvgIpc) is 2.61. The zero-order valence-electron chi connectivity index (χ0n) is 13.0. The normalized spacial score (nSPS) is 11.4. The van der Waals surface area contributed by atoms with E-state index in [1.54, 1.807) is 30.3 Å². The first kappa shape index (κ1) is 17.1. The van der Waals surface area contributed by atoms with Crippen molar-refractivity contribution in [2.45, 2.75) is 12.5 Å². The number of nitro groups is 1. The Morgan fingerprint density at radius 2 is 1.75 bits per heavy atom. The van der Waals surface area contributed by atoms with Crippen LogP contribution in [-0.2, 0) is 9.53 Å². The van der Waals surface area contributed by atoms with Crippen LogP contribution in [0.5, 0.6) is 0 Å². The minimum atomic E-state index is -0.647. The van der Waals surface area contributed by atoms with Crippen LogP contribution in [0.25, 0.3) is 0 Å². The van der Waals surface area contributed by atoms with Crippen LogP contribution in [0, 0.1) is 10.1 Å². The third kappa shape index (κ3) is 4.16. The number of nitrogens with zero attached hydrogens (tertiary/aromatic N) is 1. The van der Waals surface area contributed by atoms with E-state index in [-0.39, 0.29) is 17.7 Å². The lowest BCUT2D eigenvalue weighted by Crippen LogP contribution is -2.31. The molecule has 0 spiro atoms. The fraction of sp³-hybridized carbons (Fsp3) is 0.176. The molecule has 1 amide bonds. The van der Waals surface area contributed by atoms with Crippen LogP contribution >= 0.6 is 0 Å². The van der Waals surface area contributed by atoms with Crippen LogP contribution in [0.2, 0.25) is 0 Å². The Labute approximate surface area is 138 Å². The predicted octanol–water partition coefficient (Wildman–Crippen LogP) is 2.63. The summed E-state index contributed by atoms with van der Waals surface area (Å²) in [5.74, 6) is -1.12. The Morgan fingerprint density at radius 3 is 2.38 bits per heavy atom. The number of carbonyl (C=O) groups is 2. The summed E-state index contributed by atoms with van der Waals surface area (Å²) in [6.45, 7) is 0. The Bertz CT molecular complexity index is 746. The van der Waals surface area contributed by atoms with Crippen molar-refractivity contribution in [3.63, 3.8) is 0 Å². The molecule has 0 fully saturated rings. The van der Waals surface area contributed by atoms with Crippen molar-refractivity contribution in [1.82, 2.24) is 5.32 Å². The van der Waals surface area contributed by atoms with Gasteiger partial charge in [-0.3, -0.25) is 19.7 Å². The molecule has 124 valence electrons. The van der Waals surface area contributed by atoms with E-state index in [1.807, 2.05) is 6.07 Å². The van der Waals surface area contributed by atoms with Gasteiger partial charge in [-0.2, -0.15) is 0 Å². The number of hydrogen-bond donors (Lipinski definition) is 1. The van der Waals surface area contributed by atoms with Crippen LogP contribution in [0.3, 0.4) is 0 Å². The summed E-state index contributed by atoms with van der Waals surface area (Å²) in [6, 6.07) is 13.9. The molecule has 0 bridgehead atoms. The maximum absolute atomic E-state index is 12.5. The molecule has 0 saturated carbocycles. The second kappa shape index (κ2) is 7.87. The standard InChI is InChI=1S/C17H16N2O5/c1-24-16(20)11-14(12-7-3-2-4-8-12)18-17(21)13-9-5-6-10-15(13)19(22)23/h2-10,14H,11H2,1H3,(H,18,21). The molecule has 1 atom stereocenters. The zero-order valence-corrected chi connectivity index (χ0v) is 13.0. The van der Waals surface area contributed by atoms with Gasteiger partial charge in [0.15, 0.2) is 0 Å². The van der Waals surface area contributed by atoms with Gasteiger partial charge in [-0.15, -0.1) is 0 Å². The maximum atomic E-state index is 12.5. The summed E-state index contributed by atoms with van der Waals surface area (Å²) in [6.07, 6.45) is -0.0765. The molecular formula is C17H16N2O5. The summed E-state index contributed by atoms with van der Waals surface area (Å²) >= 11 is 0. The van der Waals surface area contributed by atoms with Crippen molar-refractivity contribution in [2.75, 3.05) is 7.11 Å². The van der Waals surface area contributed by atoms with Gasteiger partial charge in [-0.25, -0.2) is 0 Å². The third-order valence-electron chi connectivity index (χ3n) is 3.45. The fourth-order valence-corrected chi connectivity index (χ4v) is 2.25. The Hall–Kier alpha value is -3.22. The fourth-order valence-electron chi connectivity index (χ4n) is 2.25. The van der Waals surface area contributed by atoms with Gasteiger partial charge >= 0.3 is 5.97 Å². The minimum Gasteiger partial charge on any atom is -0.469 e. The Balaban J connectivity index is 2.28. The van der Waals surface area contributed by atoms with Crippen LogP contribution in [0.15, 0.2) is 54.6 Å². The van der Waals surface area contributed by atoms with Crippen LogP contribution in [0.4, 0.5) is 5.69 Å². The number of nitrogens with one attached hydrogen (secondary N) is 1. The highest BCUT2D eigenvalue weighted by Gasteiger charge is 2.24. The van der Waals surface area contributed by atoms with E-state index < -0.39 is 22.8 Å². The number of rotatable bonds is 6. The number of para-hydroxylation sites is 1. The summed E-state index contributed by atoms with van der Waals surface area (Å²) in [7, 11) is 1.26. The van der Waals surface area contributed by atoms with Crippen molar-refractivity contribution in [1.29, 1.82) is 0 Å². The number of nitro benzene ring substituents is 1. The van der Waals surface area contributed by atoms with E-state index in [0.717, 1.165) is 0 Å². The van der Waals surface area contributed by atoms with Crippen molar-refractivity contribution in [2.24, 2.45) is 0 Å². The highest BCUT2D eigenvalue weighted by atomic mass is 16.6. The second-order valence-corrected chi connectivity index (χ2v) is 4.99. The van der Waals surface area contributed by atoms with E-state index in [0.29, 0.717) is 5.56 Å². The molecule has 1 unspecified atom stereocenters. The minimum absolute atomic E-state index is 0.0618. The molecule has 0 heterocycles. The molecule has 2 aromatic rings. The van der Waals surface area contributed by atoms with Gasteiger partial charge in [-0.1, -0.05) is 42.5 Å². The molecule has 0 aliphatic rings. The zero-order chi connectivity index (χ0) is 17.5. The first-order chi connectivity index (χ1) is 11.5. The van der Waals surface area contributed by atoms with E-state index in [2.05, 4.69) is 10.1 Å². The molecule has 7 heteroatoms.